The molecule has 0 saturated carbocycles. The van der Waals surface area contributed by atoms with Gasteiger partial charge in [-0.1, -0.05) is 44.5 Å². The molecule has 0 aromatic heterocycles. The van der Waals surface area contributed by atoms with Crippen LogP contribution in [0, 0.1) is 5.92 Å². The summed E-state index contributed by atoms with van der Waals surface area (Å²) >= 11 is 0. The highest BCUT2D eigenvalue weighted by atomic mass is 16.1. The van der Waals surface area contributed by atoms with Crippen LogP contribution < -0.4 is 5.32 Å². The molecular formula is C18H28N2O. The van der Waals surface area contributed by atoms with Crippen molar-refractivity contribution in [2.24, 2.45) is 5.92 Å². The van der Waals surface area contributed by atoms with E-state index in [0.29, 0.717) is 18.9 Å². The van der Waals surface area contributed by atoms with E-state index in [4.69, 9.17) is 0 Å². The minimum atomic E-state index is 0.151. The Morgan fingerprint density at radius 2 is 1.81 bits per heavy atom. The van der Waals surface area contributed by atoms with Gasteiger partial charge in [-0.15, -0.1) is 0 Å². The summed E-state index contributed by atoms with van der Waals surface area (Å²) in [7, 11) is 0. The number of nitrogens with zero attached hydrogens (tertiary/aromatic N) is 1. The van der Waals surface area contributed by atoms with Crippen molar-refractivity contribution in [1.82, 2.24) is 10.2 Å². The van der Waals surface area contributed by atoms with Crippen LogP contribution in [-0.4, -0.2) is 23.9 Å². The van der Waals surface area contributed by atoms with E-state index < -0.39 is 0 Å². The standard InChI is InChI=1S/C18H28N2O/c1-15(2)12-18(21)19-13-16-8-4-5-9-17(16)14-20-10-6-3-7-11-20/h4-5,8-9,15H,3,6-7,10-14H2,1-2H3,(H,19,21). The molecule has 2 rings (SSSR count). The second-order valence-electron chi connectivity index (χ2n) is 6.48. The molecule has 0 spiro atoms. The molecule has 1 aromatic rings. The Labute approximate surface area is 128 Å². The van der Waals surface area contributed by atoms with Gasteiger partial charge in [0.2, 0.25) is 5.91 Å². The number of hydrogen-bond donors (Lipinski definition) is 1. The first-order chi connectivity index (χ1) is 10.1. The molecule has 3 nitrogen and oxygen atoms in total. The third-order valence-corrected chi connectivity index (χ3v) is 4.03. The van der Waals surface area contributed by atoms with Gasteiger partial charge in [-0.25, -0.2) is 0 Å². The molecule has 1 heterocycles. The second kappa shape index (κ2) is 8.18. The fourth-order valence-electron chi connectivity index (χ4n) is 2.88. The van der Waals surface area contributed by atoms with Gasteiger partial charge < -0.3 is 5.32 Å². The SMILES string of the molecule is CC(C)CC(=O)NCc1ccccc1CN1CCCCC1. The summed E-state index contributed by atoms with van der Waals surface area (Å²) in [6.45, 7) is 8.21. The molecule has 1 aromatic carbocycles. The lowest BCUT2D eigenvalue weighted by Crippen LogP contribution is -2.30. The maximum atomic E-state index is 11.8. The van der Waals surface area contributed by atoms with Crippen LogP contribution in [0.25, 0.3) is 0 Å². The van der Waals surface area contributed by atoms with E-state index in [1.165, 1.54) is 43.5 Å². The molecule has 1 saturated heterocycles. The third-order valence-electron chi connectivity index (χ3n) is 4.03. The van der Waals surface area contributed by atoms with E-state index in [9.17, 15) is 4.79 Å². The smallest absolute Gasteiger partial charge is 0.220 e. The number of carbonyl (C=O) groups is 1. The zero-order valence-corrected chi connectivity index (χ0v) is 13.4. The van der Waals surface area contributed by atoms with E-state index in [0.717, 1.165) is 6.54 Å². The predicted molar refractivity (Wildman–Crippen MR) is 86.9 cm³/mol. The molecular weight excluding hydrogens is 260 g/mol. The summed E-state index contributed by atoms with van der Waals surface area (Å²) in [6, 6.07) is 8.48. The molecule has 1 aliphatic heterocycles. The summed E-state index contributed by atoms with van der Waals surface area (Å²) in [5, 5.41) is 3.05. The molecule has 21 heavy (non-hydrogen) atoms. The third kappa shape index (κ3) is 5.50. The van der Waals surface area contributed by atoms with Crippen LogP contribution in [0.3, 0.4) is 0 Å². The van der Waals surface area contributed by atoms with Crippen LogP contribution in [0.2, 0.25) is 0 Å². The van der Waals surface area contributed by atoms with Gasteiger partial charge in [-0.05, 0) is 43.0 Å². The lowest BCUT2D eigenvalue weighted by atomic mass is 10.0. The number of rotatable bonds is 6. The first-order valence-electron chi connectivity index (χ1n) is 8.21. The van der Waals surface area contributed by atoms with Gasteiger partial charge in [0.15, 0.2) is 0 Å². The number of benzene rings is 1. The Bertz CT molecular complexity index is 450. The molecule has 0 bridgehead atoms. The van der Waals surface area contributed by atoms with E-state index in [-0.39, 0.29) is 5.91 Å². The lowest BCUT2D eigenvalue weighted by Gasteiger charge is -2.27. The van der Waals surface area contributed by atoms with Gasteiger partial charge in [0.1, 0.15) is 0 Å². The molecule has 3 heteroatoms. The fraction of sp³-hybridized carbons (Fsp3) is 0.611. The van der Waals surface area contributed by atoms with Crippen LogP contribution in [-0.2, 0) is 17.9 Å². The topological polar surface area (TPSA) is 32.3 Å². The van der Waals surface area contributed by atoms with Crippen molar-refractivity contribution < 1.29 is 4.79 Å². The first kappa shape index (κ1) is 16.0. The number of hydrogen-bond acceptors (Lipinski definition) is 2. The molecule has 1 aliphatic rings. The van der Waals surface area contributed by atoms with Crippen LogP contribution in [0.15, 0.2) is 24.3 Å². The monoisotopic (exact) mass is 288 g/mol. The normalized spacial score (nSPS) is 16.1. The zero-order chi connectivity index (χ0) is 15.1. The van der Waals surface area contributed by atoms with Gasteiger partial charge in [0.05, 0.1) is 0 Å². The van der Waals surface area contributed by atoms with E-state index in [1.807, 2.05) is 0 Å². The van der Waals surface area contributed by atoms with Crippen molar-refractivity contribution in [2.75, 3.05) is 13.1 Å². The molecule has 1 N–H and O–H groups in total. The Kier molecular flexibility index (Phi) is 6.24. The van der Waals surface area contributed by atoms with Crippen molar-refractivity contribution in [3.63, 3.8) is 0 Å². The maximum absolute atomic E-state index is 11.8. The Morgan fingerprint density at radius 3 is 2.48 bits per heavy atom. The fourth-order valence-corrected chi connectivity index (χ4v) is 2.88. The van der Waals surface area contributed by atoms with Crippen molar-refractivity contribution in [3.05, 3.63) is 35.4 Å². The van der Waals surface area contributed by atoms with E-state index >= 15 is 0 Å². The average molecular weight is 288 g/mol. The largest absolute Gasteiger partial charge is 0.352 e. The van der Waals surface area contributed by atoms with Gasteiger partial charge in [-0.2, -0.15) is 0 Å². The number of carbonyl (C=O) groups excluding carboxylic acids is 1. The van der Waals surface area contributed by atoms with Crippen molar-refractivity contribution in [2.45, 2.75) is 52.6 Å². The molecule has 0 radical (unpaired) electrons. The van der Waals surface area contributed by atoms with Crippen LogP contribution in [0.4, 0.5) is 0 Å². The summed E-state index contributed by atoms with van der Waals surface area (Å²) in [6.07, 6.45) is 4.60. The Hall–Kier alpha value is -1.35. The molecule has 1 amide bonds. The lowest BCUT2D eigenvalue weighted by molar-refractivity contribution is -0.121. The molecule has 0 unspecified atom stereocenters. The van der Waals surface area contributed by atoms with Crippen molar-refractivity contribution in [1.29, 1.82) is 0 Å². The minimum Gasteiger partial charge on any atom is -0.352 e. The number of likely N-dealkylation sites (tertiary alicyclic amines) is 1. The van der Waals surface area contributed by atoms with Gasteiger partial charge in [-0.3, -0.25) is 9.69 Å². The number of amides is 1. The quantitative estimate of drug-likeness (QED) is 0.871. The molecule has 0 atom stereocenters. The predicted octanol–water partition coefficient (Wildman–Crippen LogP) is 3.33. The van der Waals surface area contributed by atoms with E-state index in [1.54, 1.807) is 0 Å². The van der Waals surface area contributed by atoms with Crippen LogP contribution in [0.1, 0.15) is 50.7 Å². The second-order valence-corrected chi connectivity index (χ2v) is 6.48. The van der Waals surface area contributed by atoms with Gasteiger partial charge in [0, 0.05) is 19.5 Å². The molecule has 1 fully saturated rings. The highest BCUT2D eigenvalue weighted by molar-refractivity contribution is 5.76. The van der Waals surface area contributed by atoms with Crippen molar-refractivity contribution in [3.8, 4) is 0 Å². The summed E-state index contributed by atoms with van der Waals surface area (Å²) < 4.78 is 0. The Morgan fingerprint density at radius 1 is 1.14 bits per heavy atom. The van der Waals surface area contributed by atoms with Crippen LogP contribution >= 0.6 is 0 Å². The van der Waals surface area contributed by atoms with Gasteiger partial charge >= 0.3 is 0 Å². The highest BCUT2D eigenvalue weighted by Gasteiger charge is 2.12. The summed E-state index contributed by atoms with van der Waals surface area (Å²) in [4.78, 5) is 14.3. The van der Waals surface area contributed by atoms with E-state index in [2.05, 4.69) is 48.3 Å². The summed E-state index contributed by atoms with van der Waals surface area (Å²) in [5.41, 5.74) is 2.60. The first-order valence-corrected chi connectivity index (χ1v) is 8.21. The maximum Gasteiger partial charge on any atom is 0.220 e. The number of piperidine rings is 1. The Balaban J connectivity index is 1.91. The van der Waals surface area contributed by atoms with Crippen LogP contribution in [0.5, 0.6) is 0 Å². The zero-order valence-electron chi connectivity index (χ0n) is 13.4. The van der Waals surface area contributed by atoms with Gasteiger partial charge in [0.25, 0.3) is 0 Å². The number of nitrogens with one attached hydrogen (secondary N) is 1. The highest BCUT2D eigenvalue weighted by Crippen LogP contribution is 2.16. The molecule has 116 valence electrons. The molecule has 0 aliphatic carbocycles. The minimum absolute atomic E-state index is 0.151. The van der Waals surface area contributed by atoms with Crippen molar-refractivity contribution >= 4 is 5.91 Å². The summed E-state index contributed by atoms with van der Waals surface area (Å²) in [5.74, 6) is 0.561. The average Bonchev–Trinajstić information content (AvgIpc) is 2.47.